The Morgan fingerprint density at radius 3 is 2.42 bits per heavy atom. The van der Waals surface area contributed by atoms with Crippen LogP contribution in [0, 0.1) is 10.5 Å². The summed E-state index contributed by atoms with van der Waals surface area (Å²) in [6.45, 7) is 2.07. The molecule has 0 aliphatic carbocycles. The maximum absolute atomic E-state index is 13.2. The third-order valence-corrected chi connectivity index (χ3v) is 6.73. The van der Waals surface area contributed by atoms with Crippen molar-refractivity contribution in [1.82, 2.24) is 5.32 Å². The van der Waals surface area contributed by atoms with E-state index in [1.54, 1.807) is 54.6 Å². The van der Waals surface area contributed by atoms with Crippen LogP contribution in [0.1, 0.15) is 16.7 Å². The number of urea groups is 1. The molecule has 0 spiro atoms. The van der Waals surface area contributed by atoms with Crippen molar-refractivity contribution < 1.29 is 23.9 Å². The highest BCUT2D eigenvalue weighted by molar-refractivity contribution is 14.1. The molecule has 4 amide bonds. The monoisotopic (exact) mass is 636 g/mol. The maximum Gasteiger partial charge on any atom is 0.335 e. The number of aryl methyl sites for hydroxylation is 1. The number of amides is 4. The fourth-order valence-electron chi connectivity index (χ4n) is 3.50. The van der Waals surface area contributed by atoms with Gasteiger partial charge in [0.2, 0.25) is 0 Å². The number of hydrogen-bond acceptors (Lipinski definition) is 5. The molecule has 0 radical (unpaired) electrons. The summed E-state index contributed by atoms with van der Waals surface area (Å²) in [6, 6.07) is 14.5. The number of carbonyl (C=O) groups excluding carboxylic acids is 3. The zero-order valence-electron chi connectivity index (χ0n) is 19.1. The van der Waals surface area contributed by atoms with Gasteiger partial charge < -0.3 is 9.47 Å². The third-order valence-electron chi connectivity index (χ3n) is 5.34. The standard InChI is InChI=1S/C26H19Cl2IN2O5/c1-14-3-7-18(8-4-14)31-25(33)19(24(32)30-26(31)34)9-15-10-21(29)23(22(11-15)35-2)36-13-16-5-6-17(27)12-20(16)28/h3-12H,13H2,1-2H3,(H,30,32,34)/b19-9+. The molecule has 1 heterocycles. The summed E-state index contributed by atoms with van der Waals surface area (Å²) in [6.07, 6.45) is 1.41. The molecule has 0 bridgehead atoms. The number of benzene rings is 3. The van der Waals surface area contributed by atoms with Crippen molar-refractivity contribution in [2.45, 2.75) is 13.5 Å². The summed E-state index contributed by atoms with van der Waals surface area (Å²) >= 11 is 14.3. The molecule has 3 aromatic rings. The van der Waals surface area contributed by atoms with Gasteiger partial charge in [0.05, 0.1) is 16.4 Å². The predicted octanol–water partition coefficient (Wildman–Crippen LogP) is 6.16. The lowest BCUT2D eigenvalue weighted by Crippen LogP contribution is -2.54. The summed E-state index contributed by atoms with van der Waals surface area (Å²) < 4.78 is 12.2. The molecule has 1 N–H and O–H groups in total. The highest BCUT2D eigenvalue weighted by atomic mass is 127. The van der Waals surface area contributed by atoms with Crippen molar-refractivity contribution in [3.63, 3.8) is 0 Å². The number of nitrogens with zero attached hydrogens (tertiary/aromatic N) is 1. The molecule has 184 valence electrons. The topological polar surface area (TPSA) is 84.9 Å². The number of anilines is 1. The van der Waals surface area contributed by atoms with Crippen LogP contribution in [0.15, 0.2) is 60.2 Å². The van der Waals surface area contributed by atoms with Gasteiger partial charge in [-0.25, -0.2) is 9.69 Å². The first-order valence-electron chi connectivity index (χ1n) is 10.6. The minimum atomic E-state index is -0.803. The number of methoxy groups -OCH3 is 1. The number of imide groups is 2. The molecule has 0 aromatic heterocycles. The molecule has 4 rings (SSSR count). The zero-order chi connectivity index (χ0) is 26.0. The van der Waals surface area contributed by atoms with Gasteiger partial charge in [-0.15, -0.1) is 0 Å². The van der Waals surface area contributed by atoms with Crippen molar-refractivity contribution in [2.24, 2.45) is 0 Å². The average Bonchev–Trinajstić information content (AvgIpc) is 2.83. The summed E-state index contributed by atoms with van der Waals surface area (Å²) in [5, 5.41) is 3.23. The lowest BCUT2D eigenvalue weighted by atomic mass is 10.1. The Kier molecular flexibility index (Phi) is 7.87. The lowest BCUT2D eigenvalue weighted by Gasteiger charge is -2.26. The van der Waals surface area contributed by atoms with Crippen LogP contribution in [0.3, 0.4) is 0 Å². The minimum Gasteiger partial charge on any atom is -0.493 e. The molecule has 1 aliphatic rings. The van der Waals surface area contributed by atoms with Crippen LogP contribution in [0.2, 0.25) is 10.0 Å². The first-order chi connectivity index (χ1) is 17.2. The highest BCUT2D eigenvalue weighted by Crippen LogP contribution is 2.36. The predicted molar refractivity (Wildman–Crippen MR) is 147 cm³/mol. The summed E-state index contributed by atoms with van der Waals surface area (Å²) in [5.74, 6) is -0.629. The van der Waals surface area contributed by atoms with E-state index in [4.69, 9.17) is 32.7 Å². The van der Waals surface area contributed by atoms with Crippen LogP contribution >= 0.6 is 45.8 Å². The molecule has 1 fully saturated rings. The number of nitrogens with one attached hydrogen (secondary N) is 1. The van der Waals surface area contributed by atoms with Crippen LogP contribution in [0.4, 0.5) is 10.5 Å². The lowest BCUT2D eigenvalue weighted by molar-refractivity contribution is -0.122. The molecule has 3 aromatic carbocycles. The zero-order valence-corrected chi connectivity index (χ0v) is 22.8. The van der Waals surface area contributed by atoms with E-state index in [2.05, 4.69) is 27.9 Å². The van der Waals surface area contributed by atoms with Crippen molar-refractivity contribution in [3.8, 4) is 11.5 Å². The number of hydrogen-bond donors (Lipinski definition) is 1. The van der Waals surface area contributed by atoms with Gasteiger partial charge in [-0.05, 0) is 77.6 Å². The van der Waals surface area contributed by atoms with Crippen LogP contribution in [-0.4, -0.2) is 25.0 Å². The third kappa shape index (κ3) is 5.50. The van der Waals surface area contributed by atoms with Crippen molar-refractivity contribution in [1.29, 1.82) is 0 Å². The summed E-state index contributed by atoms with van der Waals surface area (Å²) in [4.78, 5) is 39.1. The molecule has 7 nitrogen and oxygen atoms in total. The second kappa shape index (κ2) is 10.9. The molecule has 0 saturated carbocycles. The SMILES string of the molecule is COc1cc(/C=C2\C(=O)NC(=O)N(c3ccc(C)cc3)C2=O)cc(I)c1OCc1ccc(Cl)cc1Cl. The van der Waals surface area contributed by atoms with Gasteiger partial charge in [-0.2, -0.15) is 0 Å². The number of rotatable bonds is 6. The number of barbiturate groups is 1. The van der Waals surface area contributed by atoms with Crippen LogP contribution in [0.25, 0.3) is 6.08 Å². The number of ether oxygens (including phenoxy) is 2. The summed E-state index contributed by atoms with van der Waals surface area (Å²) in [5.41, 5.74) is 2.41. The number of carbonyl (C=O) groups is 3. The Bertz CT molecular complexity index is 1410. The van der Waals surface area contributed by atoms with E-state index in [1.807, 2.05) is 6.92 Å². The van der Waals surface area contributed by atoms with E-state index in [-0.39, 0.29) is 12.2 Å². The molecule has 10 heteroatoms. The Morgan fingerprint density at radius 1 is 1.03 bits per heavy atom. The molecule has 0 atom stereocenters. The Morgan fingerprint density at radius 2 is 1.75 bits per heavy atom. The van der Waals surface area contributed by atoms with Gasteiger partial charge in [0.15, 0.2) is 11.5 Å². The number of halogens is 3. The quantitative estimate of drug-likeness (QED) is 0.199. The van der Waals surface area contributed by atoms with Gasteiger partial charge in [0.1, 0.15) is 12.2 Å². The van der Waals surface area contributed by atoms with Gasteiger partial charge in [-0.1, -0.05) is 47.0 Å². The molecule has 1 saturated heterocycles. The first kappa shape index (κ1) is 26.0. The Balaban J connectivity index is 1.64. The molecule has 0 unspecified atom stereocenters. The summed E-state index contributed by atoms with van der Waals surface area (Å²) in [7, 11) is 1.49. The normalized spacial score (nSPS) is 14.8. The van der Waals surface area contributed by atoms with Crippen LogP contribution in [-0.2, 0) is 16.2 Å². The van der Waals surface area contributed by atoms with Crippen molar-refractivity contribution >= 4 is 75.4 Å². The van der Waals surface area contributed by atoms with E-state index in [0.29, 0.717) is 36.4 Å². The van der Waals surface area contributed by atoms with Gasteiger partial charge in [-0.3, -0.25) is 14.9 Å². The fraction of sp³-hybridized carbons (Fsp3) is 0.115. The van der Waals surface area contributed by atoms with Gasteiger partial charge >= 0.3 is 6.03 Å². The fourth-order valence-corrected chi connectivity index (χ4v) is 4.75. The Hall–Kier alpha value is -3.08. The second-order valence-corrected chi connectivity index (χ2v) is 9.86. The van der Waals surface area contributed by atoms with E-state index in [9.17, 15) is 14.4 Å². The highest BCUT2D eigenvalue weighted by Gasteiger charge is 2.36. The van der Waals surface area contributed by atoms with E-state index < -0.39 is 17.8 Å². The largest absolute Gasteiger partial charge is 0.493 e. The smallest absolute Gasteiger partial charge is 0.335 e. The van der Waals surface area contributed by atoms with E-state index >= 15 is 0 Å². The van der Waals surface area contributed by atoms with Gasteiger partial charge in [0.25, 0.3) is 11.8 Å². The van der Waals surface area contributed by atoms with Crippen LogP contribution < -0.4 is 19.7 Å². The van der Waals surface area contributed by atoms with Crippen molar-refractivity contribution in [2.75, 3.05) is 12.0 Å². The Labute approximate surface area is 231 Å². The van der Waals surface area contributed by atoms with Gasteiger partial charge in [0, 0.05) is 15.6 Å². The van der Waals surface area contributed by atoms with E-state index in [1.165, 1.54) is 13.2 Å². The van der Waals surface area contributed by atoms with Crippen LogP contribution in [0.5, 0.6) is 11.5 Å². The van der Waals surface area contributed by atoms with Crippen molar-refractivity contribution in [3.05, 3.63) is 90.5 Å². The molecular weight excluding hydrogens is 618 g/mol. The minimum absolute atomic E-state index is 0.178. The average molecular weight is 637 g/mol. The maximum atomic E-state index is 13.2. The molecular formula is C26H19Cl2IN2O5. The van der Waals surface area contributed by atoms with E-state index in [0.717, 1.165) is 16.0 Å². The first-order valence-corrected chi connectivity index (χ1v) is 12.4. The molecule has 36 heavy (non-hydrogen) atoms. The molecule has 1 aliphatic heterocycles. The second-order valence-electron chi connectivity index (χ2n) is 7.85.